The molecule has 0 saturated carbocycles. The third-order valence-electron chi connectivity index (χ3n) is 2.77. The highest BCUT2D eigenvalue weighted by Gasteiger charge is 2.17. The number of nitrogens with two attached hydrogens (primary N) is 2. The first-order valence-electron chi connectivity index (χ1n) is 5.04. The lowest BCUT2D eigenvalue weighted by molar-refractivity contribution is 0.0687. The first-order valence-corrected chi connectivity index (χ1v) is 5.04. The maximum atomic E-state index is 11.8. The molecule has 0 atom stereocenters. The molecule has 82 valence electrons. The Morgan fingerprint density at radius 3 is 2.67 bits per heavy atom. The van der Waals surface area contributed by atoms with E-state index in [9.17, 15) is 4.79 Å². The second kappa shape index (κ2) is 3.94. The fourth-order valence-corrected chi connectivity index (χ4v) is 1.83. The zero-order chi connectivity index (χ0) is 10.8. The molecule has 2 heterocycles. The second-order valence-electron chi connectivity index (χ2n) is 3.74. The molecular weight excluding hydrogens is 194 g/mol. The van der Waals surface area contributed by atoms with Crippen molar-refractivity contribution in [1.29, 1.82) is 0 Å². The van der Waals surface area contributed by atoms with E-state index in [2.05, 4.69) is 0 Å². The van der Waals surface area contributed by atoms with Crippen molar-refractivity contribution < 1.29 is 4.74 Å². The third kappa shape index (κ3) is 1.83. The van der Waals surface area contributed by atoms with Gasteiger partial charge in [-0.25, -0.2) is 0 Å². The Morgan fingerprint density at radius 1 is 1.33 bits per heavy atom. The minimum absolute atomic E-state index is 0.143. The van der Waals surface area contributed by atoms with Crippen LogP contribution in [0.2, 0.25) is 0 Å². The monoisotopic (exact) mass is 209 g/mol. The van der Waals surface area contributed by atoms with Crippen LogP contribution in [0.15, 0.2) is 17.1 Å². The highest BCUT2D eigenvalue weighted by atomic mass is 16.5. The maximum Gasteiger partial charge on any atom is 0.276 e. The maximum absolute atomic E-state index is 11.8. The molecule has 0 spiro atoms. The lowest BCUT2D eigenvalue weighted by Gasteiger charge is -2.24. The summed E-state index contributed by atoms with van der Waals surface area (Å²) in [5, 5.41) is 0. The Bertz CT molecular complexity index is 408. The molecule has 0 aliphatic carbocycles. The van der Waals surface area contributed by atoms with Crippen LogP contribution in [0.3, 0.4) is 0 Å². The number of hydrogen-bond acceptors (Lipinski definition) is 4. The number of ether oxygens (including phenoxy) is 1. The van der Waals surface area contributed by atoms with E-state index in [-0.39, 0.29) is 17.3 Å². The van der Waals surface area contributed by atoms with Crippen LogP contribution in [0.25, 0.3) is 0 Å². The van der Waals surface area contributed by atoms with Crippen molar-refractivity contribution in [1.82, 2.24) is 4.57 Å². The number of nitrogens with zero attached hydrogens (tertiary/aromatic N) is 1. The minimum atomic E-state index is -0.193. The third-order valence-corrected chi connectivity index (χ3v) is 2.77. The van der Waals surface area contributed by atoms with Gasteiger partial charge < -0.3 is 20.8 Å². The Kier molecular flexibility index (Phi) is 2.64. The molecule has 15 heavy (non-hydrogen) atoms. The Hall–Kier alpha value is -1.49. The Balaban J connectivity index is 2.35. The van der Waals surface area contributed by atoms with E-state index >= 15 is 0 Å². The average molecular weight is 209 g/mol. The largest absolute Gasteiger partial charge is 0.397 e. The number of rotatable bonds is 1. The topological polar surface area (TPSA) is 83.3 Å². The summed E-state index contributed by atoms with van der Waals surface area (Å²) in [5.74, 6) is 0. The van der Waals surface area contributed by atoms with E-state index in [1.54, 1.807) is 16.8 Å². The molecule has 0 amide bonds. The number of aromatic nitrogens is 1. The van der Waals surface area contributed by atoms with Gasteiger partial charge in [0.1, 0.15) is 5.69 Å². The molecule has 0 radical (unpaired) electrons. The molecule has 5 heteroatoms. The summed E-state index contributed by atoms with van der Waals surface area (Å²) in [6.07, 6.45) is 3.41. The number of anilines is 2. The van der Waals surface area contributed by atoms with Crippen LogP contribution in [-0.4, -0.2) is 17.8 Å². The summed E-state index contributed by atoms with van der Waals surface area (Å²) in [6, 6.07) is 1.86. The summed E-state index contributed by atoms with van der Waals surface area (Å²) in [4.78, 5) is 11.8. The van der Waals surface area contributed by atoms with Crippen LogP contribution in [0.5, 0.6) is 0 Å². The van der Waals surface area contributed by atoms with Crippen LogP contribution in [0.1, 0.15) is 18.9 Å². The van der Waals surface area contributed by atoms with Gasteiger partial charge in [-0.05, 0) is 18.9 Å². The molecule has 4 N–H and O–H groups in total. The van der Waals surface area contributed by atoms with Crippen LogP contribution >= 0.6 is 0 Å². The van der Waals surface area contributed by atoms with Gasteiger partial charge in [-0.1, -0.05) is 0 Å². The number of hydrogen-bond donors (Lipinski definition) is 2. The molecule has 2 rings (SSSR count). The van der Waals surface area contributed by atoms with Gasteiger partial charge in [-0.2, -0.15) is 0 Å². The van der Waals surface area contributed by atoms with Gasteiger partial charge >= 0.3 is 0 Å². The normalized spacial score (nSPS) is 17.9. The molecule has 1 aliphatic rings. The van der Waals surface area contributed by atoms with Crippen LogP contribution in [-0.2, 0) is 4.74 Å². The molecule has 1 aromatic heterocycles. The SMILES string of the molecule is Nc1ccn(C2CCOCC2)c(=O)c1N. The zero-order valence-electron chi connectivity index (χ0n) is 8.48. The van der Waals surface area contributed by atoms with E-state index in [1.807, 2.05) is 0 Å². The molecule has 1 aliphatic heterocycles. The molecule has 1 saturated heterocycles. The summed E-state index contributed by atoms with van der Waals surface area (Å²) in [6.45, 7) is 1.39. The highest BCUT2D eigenvalue weighted by molar-refractivity contribution is 5.60. The van der Waals surface area contributed by atoms with Crippen molar-refractivity contribution in [2.75, 3.05) is 24.7 Å². The Labute approximate surface area is 87.6 Å². The standard InChI is InChI=1S/C10H15N3O2/c11-8-1-4-13(10(14)9(8)12)7-2-5-15-6-3-7/h1,4,7H,2-3,5-6,11-12H2. The van der Waals surface area contributed by atoms with Crippen molar-refractivity contribution in [3.63, 3.8) is 0 Å². The van der Waals surface area contributed by atoms with Gasteiger partial charge in [0, 0.05) is 25.5 Å². The highest BCUT2D eigenvalue weighted by Crippen LogP contribution is 2.20. The smallest absolute Gasteiger partial charge is 0.276 e. The lowest BCUT2D eigenvalue weighted by Crippen LogP contribution is -2.30. The van der Waals surface area contributed by atoms with Crippen molar-refractivity contribution in [3.8, 4) is 0 Å². The average Bonchev–Trinajstić information content (AvgIpc) is 2.27. The summed E-state index contributed by atoms with van der Waals surface area (Å²) < 4.78 is 6.90. The van der Waals surface area contributed by atoms with E-state index in [4.69, 9.17) is 16.2 Å². The predicted molar refractivity (Wildman–Crippen MR) is 58.6 cm³/mol. The molecule has 0 aromatic carbocycles. The van der Waals surface area contributed by atoms with E-state index in [0.717, 1.165) is 12.8 Å². The molecule has 1 fully saturated rings. The van der Waals surface area contributed by atoms with Gasteiger partial charge in [-0.15, -0.1) is 0 Å². The molecular formula is C10H15N3O2. The summed E-state index contributed by atoms with van der Waals surface area (Å²) >= 11 is 0. The van der Waals surface area contributed by atoms with Gasteiger partial charge in [0.2, 0.25) is 0 Å². The van der Waals surface area contributed by atoms with Crippen LogP contribution < -0.4 is 17.0 Å². The van der Waals surface area contributed by atoms with Crippen molar-refractivity contribution in [2.24, 2.45) is 0 Å². The van der Waals surface area contributed by atoms with Gasteiger partial charge in [0.25, 0.3) is 5.56 Å². The second-order valence-corrected chi connectivity index (χ2v) is 3.74. The zero-order valence-corrected chi connectivity index (χ0v) is 8.48. The summed E-state index contributed by atoms with van der Waals surface area (Å²) in [5.41, 5.74) is 11.5. The van der Waals surface area contributed by atoms with Crippen molar-refractivity contribution in [3.05, 3.63) is 22.6 Å². The van der Waals surface area contributed by atoms with Crippen LogP contribution in [0.4, 0.5) is 11.4 Å². The van der Waals surface area contributed by atoms with Gasteiger partial charge in [0.05, 0.1) is 5.69 Å². The fraction of sp³-hybridized carbons (Fsp3) is 0.500. The number of pyridine rings is 1. The molecule has 5 nitrogen and oxygen atoms in total. The molecule has 0 unspecified atom stereocenters. The number of nitrogen functional groups attached to an aromatic ring is 2. The fourth-order valence-electron chi connectivity index (χ4n) is 1.83. The quantitative estimate of drug-likeness (QED) is 0.699. The van der Waals surface area contributed by atoms with E-state index < -0.39 is 0 Å². The van der Waals surface area contributed by atoms with Gasteiger partial charge in [-0.3, -0.25) is 4.79 Å². The lowest BCUT2D eigenvalue weighted by atomic mass is 10.1. The predicted octanol–water partition coefficient (Wildman–Crippen LogP) is 0.364. The first kappa shape index (κ1) is 10.0. The first-order chi connectivity index (χ1) is 7.20. The van der Waals surface area contributed by atoms with E-state index in [1.165, 1.54) is 0 Å². The summed E-state index contributed by atoms with van der Waals surface area (Å²) in [7, 11) is 0. The molecule has 0 bridgehead atoms. The van der Waals surface area contributed by atoms with Gasteiger partial charge in [0.15, 0.2) is 0 Å². The van der Waals surface area contributed by atoms with Crippen molar-refractivity contribution >= 4 is 11.4 Å². The van der Waals surface area contributed by atoms with Crippen LogP contribution in [0, 0.1) is 0 Å². The molecule has 1 aromatic rings. The van der Waals surface area contributed by atoms with E-state index in [0.29, 0.717) is 18.9 Å². The Morgan fingerprint density at radius 2 is 2.00 bits per heavy atom. The minimum Gasteiger partial charge on any atom is -0.397 e. The van der Waals surface area contributed by atoms with Crippen molar-refractivity contribution in [2.45, 2.75) is 18.9 Å².